The minimum Gasteiger partial charge on any atom is -0.351 e. The van der Waals surface area contributed by atoms with Gasteiger partial charge in [-0.25, -0.2) is 4.39 Å². The maximum absolute atomic E-state index is 13.4. The van der Waals surface area contributed by atoms with Gasteiger partial charge in [-0.1, -0.05) is 25.5 Å². The molecule has 17 heavy (non-hydrogen) atoms. The van der Waals surface area contributed by atoms with E-state index in [9.17, 15) is 9.18 Å². The fourth-order valence-electron chi connectivity index (χ4n) is 1.28. The molecule has 0 aliphatic carbocycles. The third-order valence-electron chi connectivity index (χ3n) is 2.46. The van der Waals surface area contributed by atoms with Crippen LogP contribution < -0.4 is 5.32 Å². The average molecular weight is 258 g/mol. The number of carbonyl (C=O) groups is 1. The number of amides is 1. The molecule has 0 spiro atoms. The van der Waals surface area contributed by atoms with Gasteiger partial charge in [-0.2, -0.15) is 0 Å². The van der Waals surface area contributed by atoms with Gasteiger partial charge in [-0.3, -0.25) is 4.79 Å². The first-order valence-corrected chi connectivity index (χ1v) is 5.99. The van der Waals surface area contributed by atoms with E-state index in [2.05, 4.69) is 5.32 Å². The summed E-state index contributed by atoms with van der Waals surface area (Å²) in [7, 11) is 0. The second-order valence-corrected chi connectivity index (χ2v) is 5.23. The lowest BCUT2D eigenvalue weighted by atomic mass is 9.96. The SMILES string of the molecule is Cc1ccc(F)c(C(=O)NCC(C)(C)CCl)c1. The Morgan fingerprint density at radius 3 is 2.71 bits per heavy atom. The normalized spacial score (nSPS) is 11.4. The van der Waals surface area contributed by atoms with Crippen LogP contribution in [0, 0.1) is 18.2 Å². The predicted octanol–water partition coefficient (Wildman–Crippen LogP) is 3.13. The number of nitrogens with one attached hydrogen (secondary N) is 1. The van der Waals surface area contributed by atoms with Crippen molar-refractivity contribution in [3.8, 4) is 0 Å². The highest BCUT2D eigenvalue weighted by Gasteiger charge is 2.19. The quantitative estimate of drug-likeness (QED) is 0.825. The molecular weight excluding hydrogens is 241 g/mol. The van der Waals surface area contributed by atoms with E-state index in [4.69, 9.17) is 11.6 Å². The van der Waals surface area contributed by atoms with Crippen LogP contribution in [0.1, 0.15) is 29.8 Å². The molecule has 0 aliphatic rings. The van der Waals surface area contributed by atoms with Crippen molar-refractivity contribution < 1.29 is 9.18 Å². The molecule has 2 nitrogen and oxygen atoms in total. The maximum Gasteiger partial charge on any atom is 0.254 e. The van der Waals surface area contributed by atoms with Crippen molar-refractivity contribution in [2.75, 3.05) is 12.4 Å². The minimum atomic E-state index is -0.503. The molecule has 1 aromatic rings. The van der Waals surface area contributed by atoms with Crippen molar-refractivity contribution in [3.05, 3.63) is 35.1 Å². The lowest BCUT2D eigenvalue weighted by Gasteiger charge is -2.21. The second-order valence-electron chi connectivity index (χ2n) is 4.96. The summed E-state index contributed by atoms with van der Waals surface area (Å²) in [6.07, 6.45) is 0. The van der Waals surface area contributed by atoms with Crippen LogP contribution in [0.2, 0.25) is 0 Å². The zero-order valence-corrected chi connectivity index (χ0v) is 11.1. The van der Waals surface area contributed by atoms with Gasteiger partial charge in [0.05, 0.1) is 5.56 Å². The van der Waals surface area contributed by atoms with E-state index in [-0.39, 0.29) is 11.0 Å². The number of hydrogen-bond acceptors (Lipinski definition) is 1. The molecule has 94 valence electrons. The Kier molecular flexibility index (Phi) is 4.52. The molecule has 1 rings (SSSR count). The van der Waals surface area contributed by atoms with Gasteiger partial charge in [-0.05, 0) is 24.5 Å². The number of hydrogen-bond donors (Lipinski definition) is 1. The average Bonchev–Trinajstić information content (AvgIpc) is 2.29. The Hall–Kier alpha value is -1.09. The largest absolute Gasteiger partial charge is 0.351 e. The van der Waals surface area contributed by atoms with Gasteiger partial charge in [0.1, 0.15) is 5.82 Å². The molecule has 0 fully saturated rings. The summed E-state index contributed by atoms with van der Waals surface area (Å²) in [4.78, 5) is 11.8. The van der Waals surface area contributed by atoms with E-state index in [1.54, 1.807) is 12.1 Å². The summed E-state index contributed by atoms with van der Waals surface area (Å²) >= 11 is 5.75. The summed E-state index contributed by atoms with van der Waals surface area (Å²) in [6, 6.07) is 4.48. The third-order valence-corrected chi connectivity index (χ3v) is 3.18. The number of alkyl halides is 1. The fourth-order valence-corrected chi connectivity index (χ4v) is 1.37. The summed E-state index contributed by atoms with van der Waals surface area (Å²) in [5.41, 5.74) is 0.737. The van der Waals surface area contributed by atoms with Crippen molar-refractivity contribution in [1.82, 2.24) is 5.32 Å². The van der Waals surface area contributed by atoms with Crippen LogP contribution in [0.4, 0.5) is 4.39 Å². The number of carbonyl (C=O) groups excluding carboxylic acids is 1. The molecule has 0 unspecified atom stereocenters. The first-order valence-electron chi connectivity index (χ1n) is 5.46. The van der Waals surface area contributed by atoms with Gasteiger partial charge < -0.3 is 5.32 Å². The molecular formula is C13H17ClFNO. The third kappa shape index (κ3) is 4.00. The molecule has 0 atom stereocenters. The molecule has 1 aromatic carbocycles. The van der Waals surface area contributed by atoms with E-state index in [1.807, 2.05) is 20.8 Å². The Balaban J connectivity index is 2.74. The summed E-state index contributed by atoms with van der Waals surface area (Å²) < 4.78 is 13.4. The zero-order valence-electron chi connectivity index (χ0n) is 10.3. The van der Waals surface area contributed by atoms with Crippen LogP contribution in [0.5, 0.6) is 0 Å². The first-order chi connectivity index (χ1) is 7.85. The first kappa shape index (κ1) is 14.0. The van der Waals surface area contributed by atoms with Crippen LogP contribution in [0.3, 0.4) is 0 Å². The highest BCUT2D eigenvalue weighted by atomic mass is 35.5. The Labute approximate surface area is 106 Å². The van der Waals surface area contributed by atoms with Crippen molar-refractivity contribution >= 4 is 17.5 Å². The van der Waals surface area contributed by atoms with E-state index < -0.39 is 11.7 Å². The monoisotopic (exact) mass is 257 g/mol. The summed E-state index contributed by atoms with van der Waals surface area (Å²) in [5.74, 6) is -0.468. The number of rotatable bonds is 4. The summed E-state index contributed by atoms with van der Waals surface area (Å²) in [5, 5.41) is 2.69. The molecule has 0 saturated heterocycles. The van der Waals surface area contributed by atoms with E-state index in [0.717, 1.165) is 5.56 Å². The van der Waals surface area contributed by atoms with Crippen LogP contribution in [-0.4, -0.2) is 18.3 Å². The molecule has 1 N–H and O–H groups in total. The van der Waals surface area contributed by atoms with Crippen molar-refractivity contribution in [1.29, 1.82) is 0 Å². The molecule has 1 amide bonds. The summed E-state index contributed by atoms with van der Waals surface area (Å²) in [6.45, 7) is 6.11. The molecule has 0 heterocycles. The molecule has 0 radical (unpaired) electrons. The smallest absolute Gasteiger partial charge is 0.254 e. The second kappa shape index (κ2) is 5.50. The fraction of sp³-hybridized carbons (Fsp3) is 0.462. The Morgan fingerprint density at radius 1 is 1.47 bits per heavy atom. The van der Waals surface area contributed by atoms with Gasteiger partial charge in [0, 0.05) is 12.4 Å². The standard InChI is InChI=1S/C13H17ClFNO/c1-9-4-5-11(15)10(6-9)12(17)16-8-13(2,3)7-14/h4-6H,7-8H2,1-3H3,(H,16,17). The van der Waals surface area contributed by atoms with Gasteiger partial charge in [0.15, 0.2) is 0 Å². The van der Waals surface area contributed by atoms with Gasteiger partial charge in [-0.15, -0.1) is 11.6 Å². The highest BCUT2D eigenvalue weighted by molar-refractivity contribution is 6.18. The predicted molar refractivity (Wildman–Crippen MR) is 68.0 cm³/mol. The Morgan fingerprint density at radius 2 is 2.12 bits per heavy atom. The van der Waals surface area contributed by atoms with Gasteiger partial charge in [0.25, 0.3) is 5.91 Å². The minimum absolute atomic E-state index is 0.0790. The lowest BCUT2D eigenvalue weighted by Crippen LogP contribution is -2.35. The molecule has 0 aromatic heterocycles. The van der Waals surface area contributed by atoms with Gasteiger partial charge in [0.2, 0.25) is 0 Å². The number of aryl methyl sites for hydroxylation is 1. The van der Waals surface area contributed by atoms with E-state index in [1.165, 1.54) is 6.07 Å². The van der Waals surface area contributed by atoms with Crippen molar-refractivity contribution in [2.45, 2.75) is 20.8 Å². The molecule has 0 aliphatic heterocycles. The van der Waals surface area contributed by atoms with Crippen LogP contribution in [0.25, 0.3) is 0 Å². The maximum atomic E-state index is 13.4. The number of halogens is 2. The van der Waals surface area contributed by atoms with Gasteiger partial charge >= 0.3 is 0 Å². The Bertz CT molecular complexity index is 418. The molecule has 0 saturated carbocycles. The number of benzene rings is 1. The zero-order chi connectivity index (χ0) is 13.1. The van der Waals surface area contributed by atoms with Crippen LogP contribution >= 0.6 is 11.6 Å². The lowest BCUT2D eigenvalue weighted by molar-refractivity contribution is 0.0935. The van der Waals surface area contributed by atoms with Crippen LogP contribution in [0.15, 0.2) is 18.2 Å². The topological polar surface area (TPSA) is 29.1 Å². The highest BCUT2D eigenvalue weighted by Crippen LogP contribution is 2.16. The van der Waals surface area contributed by atoms with E-state index in [0.29, 0.717) is 12.4 Å². The van der Waals surface area contributed by atoms with Crippen molar-refractivity contribution in [2.24, 2.45) is 5.41 Å². The van der Waals surface area contributed by atoms with E-state index >= 15 is 0 Å². The molecule has 0 bridgehead atoms. The van der Waals surface area contributed by atoms with Crippen LogP contribution in [-0.2, 0) is 0 Å². The van der Waals surface area contributed by atoms with Crippen molar-refractivity contribution in [3.63, 3.8) is 0 Å². The molecule has 4 heteroatoms.